The van der Waals surface area contributed by atoms with Crippen LogP contribution in [0.1, 0.15) is 12.5 Å². The van der Waals surface area contributed by atoms with Gasteiger partial charge in [0.25, 0.3) is 0 Å². The van der Waals surface area contributed by atoms with E-state index in [1.54, 1.807) is 13.8 Å². The molecule has 110 valence electrons. The van der Waals surface area contributed by atoms with Crippen LogP contribution >= 0.6 is 0 Å². The maximum atomic E-state index is 11.4. The lowest BCUT2D eigenvalue weighted by Crippen LogP contribution is -2.14. The van der Waals surface area contributed by atoms with Gasteiger partial charge in [0, 0.05) is 11.5 Å². The van der Waals surface area contributed by atoms with Crippen molar-refractivity contribution in [2.75, 3.05) is 11.9 Å². The first-order chi connectivity index (χ1) is 9.93. The largest absolute Gasteiger partial charge is 0.450 e. The molecule has 0 bridgehead atoms. The number of hydrogen-bond acceptors (Lipinski definition) is 6. The van der Waals surface area contributed by atoms with Gasteiger partial charge in [-0.25, -0.2) is 9.59 Å². The summed E-state index contributed by atoms with van der Waals surface area (Å²) in [5.41, 5.74) is -0.913. The quantitative estimate of drug-likeness (QED) is 0.528. The van der Waals surface area contributed by atoms with E-state index in [-0.39, 0.29) is 17.9 Å². The van der Waals surface area contributed by atoms with Gasteiger partial charge in [-0.1, -0.05) is 0 Å². The van der Waals surface area contributed by atoms with Crippen molar-refractivity contribution in [2.24, 2.45) is 0 Å². The third-order valence-corrected chi connectivity index (χ3v) is 2.79. The van der Waals surface area contributed by atoms with Crippen molar-refractivity contribution in [1.82, 2.24) is 0 Å². The number of benzene rings is 1. The monoisotopic (exact) mass is 292 g/mol. The van der Waals surface area contributed by atoms with Gasteiger partial charge in [-0.2, -0.15) is 0 Å². The topological polar surface area (TPSA) is 112 Å². The molecule has 1 aromatic carbocycles. The van der Waals surface area contributed by atoms with Gasteiger partial charge in [-0.05, 0) is 31.5 Å². The SMILES string of the molecule is CCOC(=O)Nc1ccc2c(C)cc(=O)oc2c1[N+](=O)[O-]. The molecule has 8 nitrogen and oxygen atoms in total. The molecule has 8 heteroatoms. The number of nitrogens with one attached hydrogen (secondary N) is 1. The molecular weight excluding hydrogens is 280 g/mol. The Morgan fingerprint density at radius 3 is 2.81 bits per heavy atom. The molecule has 0 spiro atoms. The number of carbonyl (C=O) groups is 1. The minimum absolute atomic E-state index is 0.0975. The fourth-order valence-corrected chi connectivity index (χ4v) is 1.93. The minimum Gasteiger partial charge on any atom is -0.450 e. The number of amides is 1. The standard InChI is InChI=1S/C13H12N2O6/c1-3-20-13(17)14-9-5-4-8-7(2)6-10(16)21-12(8)11(9)15(18)19/h4-6H,3H2,1-2H3,(H,14,17). The van der Waals surface area contributed by atoms with Crippen molar-refractivity contribution >= 4 is 28.4 Å². The molecule has 0 aliphatic heterocycles. The molecule has 1 aromatic heterocycles. The van der Waals surface area contributed by atoms with Crippen LogP contribution in [0.25, 0.3) is 11.0 Å². The zero-order valence-corrected chi connectivity index (χ0v) is 11.3. The molecule has 2 rings (SSSR count). The molecule has 21 heavy (non-hydrogen) atoms. The number of aryl methyl sites for hydroxylation is 1. The first-order valence-corrected chi connectivity index (χ1v) is 6.09. The average molecular weight is 292 g/mol. The van der Waals surface area contributed by atoms with Crippen LogP contribution in [-0.2, 0) is 4.74 Å². The van der Waals surface area contributed by atoms with Gasteiger partial charge in [-0.15, -0.1) is 0 Å². The molecule has 0 fully saturated rings. The summed E-state index contributed by atoms with van der Waals surface area (Å²) in [5, 5.41) is 13.9. The van der Waals surface area contributed by atoms with Crippen LogP contribution in [0.4, 0.5) is 16.2 Å². The van der Waals surface area contributed by atoms with Crippen molar-refractivity contribution in [2.45, 2.75) is 13.8 Å². The van der Waals surface area contributed by atoms with E-state index in [0.717, 1.165) is 0 Å². The molecule has 2 aromatic rings. The van der Waals surface area contributed by atoms with E-state index in [4.69, 9.17) is 4.42 Å². The summed E-state index contributed by atoms with van der Waals surface area (Å²) < 4.78 is 9.60. The number of rotatable bonds is 3. The van der Waals surface area contributed by atoms with Crippen LogP contribution < -0.4 is 10.9 Å². The maximum Gasteiger partial charge on any atom is 0.411 e. The molecule has 0 aliphatic rings. The average Bonchev–Trinajstić information content (AvgIpc) is 2.37. The normalized spacial score (nSPS) is 10.4. The molecular formula is C13H12N2O6. The first-order valence-electron chi connectivity index (χ1n) is 6.09. The predicted octanol–water partition coefficient (Wildman–Crippen LogP) is 2.58. The predicted molar refractivity (Wildman–Crippen MR) is 74.5 cm³/mol. The summed E-state index contributed by atoms with van der Waals surface area (Å²) in [7, 11) is 0. The smallest absolute Gasteiger partial charge is 0.411 e. The molecule has 1 amide bonds. The van der Waals surface area contributed by atoms with Gasteiger partial charge < -0.3 is 9.15 Å². The Labute approximate surface area is 118 Å². The van der Waals surface area contributed by atoms with Crippen molar-refractivity contribution in [3.8, 4) is 0 Å². The number of hydrogen-bond donors (Lipinski definition) is 1. The summed E-state index contributed by atoms with van der Waals surface area (Å²) in [6.45, 7) is 3.37. The van der Waals surface area contributed by atoms with Crippen LogP contribution in [0, 0.1) is 17.0 Å². The van der Waals surface area contributed by atoms with Gasteiger partial charge in [0.1, 0.15) is 5.69 Å². The molecule has 0 unspecified atom stereocenters. The Morgan fingerprint density at radius 1 is 1.48 bits per heavy atom. The Kier molecular flexibility index (Phi) is 3.88. The lowest BCUT2D eigenvalue weighted by molar-refractivity contribution is -0.382. The number of carbonyl (C=O) groups excluding carboxylic acids is 1. The van der Waals surface area contributed by atoms with Gasteiger partial charge >= 0.3 is 17.4 Å². The summed E-state index contributed by atoms with van der Waals surface area (Å²) in [6.07, 6.45) is -0.824. The lowest BCUT2D eigenvalue weighted by atomic mass is 10.1. The van der Waals surface area contributed by atoms with Crippen molar-refractivity contribution in [1.29, 1.82) is 0 Å². The van der Waals surface area contributed by atoms with E-state index in [9.17, 15) is 19.7 Å². The summed E-state index contributed by atoms with van der Waals surface area (Å²) in [4.78, 5) is 33.4. The van der Waals surface area contributed by atoms with Crippen molar-refractivity contribution in [3.05, 3.63) is 44.3 Å². The summed E-state index contributed by atoms with van der Waals surface area (Å²) in [6, 6.07) is 4.14. The molecule has 1 N–H and O–H groups in total. The van der Waals surface area contributed by atoms with E-state index >= 15 is 0 Å². The molecule has 1 heterocycles. The van der Waals surface area contributed by atoms with E-state index in [0.29, 0.717) is 10.9 Å². The molecule has 0 saturated heterocycles. The van der Waals surface area contributed by atoms with E-state index in [2.05, 4.69) is 10.1 Å². The zero-order chi connectivity index (χ0) is 15.6. The Morgan fingerprint density at radius 2 is 2.19 bits per heavy atom. The summed E-state index contributed by atoms with van der Waals surface area (Å²) >= 11 is 0. The molecule has 0 aliphatic carbocycles. The van der Waals surface area contributed by atoms with E-state index in [1.165, 1.54) is 18.2 Å². The van der Waals surface area contributed by atoms with Gasteiger partial charge in [0.05, 0.1) is 11.5 Å². The second-order valence-corrected chi connectivity index (χ2v) is 4.19. The van der Waals surface area contributed by atoms with Crippen LogP contribution in [0.2, 0.25) is 0 Å². The van der Waals surface area contributed by atoms with E-state index in [1.807, 2.05) is 0 Å². The number of nitrogens with zero attached hydrogens (tertiary/aromatic N) is 1. The number of ether oxygens (including phenoxy) is 1. The Bertz CT molecular complexity index is 780. The number of anilines is 1. The third kappa shape index (κ3) is 2.83. The highest BCUT2D eigenvalue weighted by Crippen LogP contribution is 2.34. The number of nitro benzene ring substituents is 1. The molecule has 0 saturated carbocycles. The van der Waals surface area contributed by atoms with Crippen molar-refractivity contribution < 1.29 is 18.9 Å². The molecule has 0 radical (unpaired) electrons. The minimum atomic E-state index is -0.824. The van der Waals surface area contributed by atoms with Gasteiger partial charge in [0.2, 0.25) is 5.58 Å². The highest BCUT2D eigenvalue weighted by Gasteiger charge is 2.23. The highest BCUT2D eigenvalue weighted by molar-refractivity contribution is 5.98. The van der Waals surface area contributed by atoms with Crippen LogP contribution in [0.15, 0.2) is 27.4 Å². The van der Waals surface area contributed by atoms with Crippen LogP contribution in [0.3, 0.4) is 0 Å². The maximum absolute atomic E-state index is 11.4. The summed E-state index contributed by atoms with van der Waals surface area (Å²) in [5.74, 6) is 0. The Hall–Kier alpha value is -2.90. The number of nitro groups is 1. The first kappa shape index (κ1) is 14.5. The highest BCUT2D eigenvalue weighted by atomic mass is 16.6. The van der Waals surface area contributed by atoms with Gasteiger partial charge in [0.15, 0.2) is 0 Å². The third-order valence-electron chi connectivity index (χ3n) is 2.79. The van der Waals surface area contributed by atoms with Crippen molar-refractivity contribution in [3.63, 3.8) is 0 Å². The second-order valence-electron chi connectivity index (χ2n) is 4.19. The fourth-order valence-electron chi connectivity index (χ4n) is 1.93. The molecule has 0 atom stereocenters. The van der Waals surface area contributed by atoms with Crippen LogP contribution in [-0.4, -0.2) is 17.6 Å². The zero-order valence-electron chi connectivity index (χ0n) is 11.3. The number of fused-ring (bicyclic) bond motifs is 1. The Balaban J connectivity index is 2.67. The lowest BCUT2D eigenvalue weighted by Gasteiger charge is -2.08. The van der Waals surface area contributed by atoms with E-state index < -0.39 is 22.3 Å². The fraction of sp³-hybridized carbons (Fsp3) is 0.231. The second kappa shape index (κ2) is 5.61. The van der Waals surface area contributed by atoms with Crippen LogP contribution in [0.5, 0.6) is 0 Å². The van der Waals surface area contributed by atoms with Gasteiger partial charge in [-0.3, -0.25) is 15.4 Å².